The molecule has 0 saturated heterocycles. The summed E-state index contributed by atoms with van der Waals surface area (Å²) in [6, 6.07) is 21.3. The Labute approximate surface area is 248 Å². The molecule has 0 aliphatic carbocycles. The van der Waals surface area contributed by atoms with Crippen LogP contribution in [0.1, 0.15) is 45.1 Å². The van der Waals surface area contributed by atoms with Gasteiger partial charge in [0.05, 0.1) is 47.9 Å². The third-order valence-corrected chi connectivity index (χ3v) is 6.92. The highest BCUT2D eigenvalue weighted by atomic mass is 16.5. The van der Waals surface area contributed by atoms with Crippen LogP contribution in [0.3, 0.4) is 0 Å². The van der Waals surface area contributed by atoms with Crippen LogP contribution in [0.15, 0.2) is 69.9 Å². The van der Waals surface area contributed by atoms with Gasteiger partial charge in [0.25, 0.3) is 0 Å². The Kier molecular flexibility index (Phi) is 9.25. The van der Waals surface area contributed by atoms with Gasteiger partial charge < -0.3 is 19.0 Å². The number of nitriles is 2. The van der Waals surface area contributed by atoms with Crippen molar-refractivity contribution in [3.63, 3.8) is 0 Å². The Balaban J connectivity index is 0.000000359. The SMILES string of the molecule is COc1c(C)cc(C)c(OC(C)CO)c1-c1cc(C)cc2c1oc(=O)c1ccc(C#N)cc12.N#Cc1ccc(C=O)cc1. The molecular formula is C35H30N2O6. The first-order chi connectivity index (χ1) is 20.6. The molecule has 5 rings (SSSR count). The number of fused-ring (bicyclic) bond motifs is 3. The lowest BCUT2D eigenvalue weighted by Crippen LogP contribution is -2.17. The maximum Gasteiger partial charge on any atom is 0.344 e. The van der Waals surface area contributed by atoms with Crippen molar-refractivity contribution < 1.29 is 23.8 Å². The van der Waals surface area contributed by atoms with Crippen molar-refractivity contribution in [2.24, 2.45) is 0 Å². The number of nitrogens with zero attached hydrogens (tertiary/aromatic N) is 2. The Bertz CT molecular complexity index is 1980. The first kappa shape index (κ1) is 30.5. The van der Waals surface area contributed by atoms with Crippen molar-refractivity contribution in [1.29, 1.82) is 10.5 Å². The summed E-state index contributed by atoms with van der Waals surface area (Å²) in [5.74, 6) is 1.15. The monoisotopic (exact) mass is 574 g/mol. The Hall–Kier alpha value is -5.44. The van der Waals surface area contributed by atoms with E-state index < -0.39 is 11.7 Å². The minimum absolute atomic E-state index is 0.152. The fourth-order valence-corrected chi connectivity index (χ4v) is 4.92. The molecule has 43 heavy (non-hydrogen) atoms. The molecular weight excluding hydrogens is 544 g/mol. The van der Waals surface area contributed by atoms with Crippen LogP contribution in [-0.4, -0.2) is 31.2 Å². The minimum atomic E-state index is -0.485. The number of hydrogen-bond acceptors (Lipinski definition) is 8. The quantitative estimate of drug-likeness (QED) is 0.137. The number of aliphatic hydroxyl groups is 1. The zero-order valence-electron chi connectivity index (χ0n) is 24.5. The largest absolute Gasteiger partial charge is 0.496 e. The van der Waals surface area contributed by atoms with Crippen LogP contribution >= 0.6 is 0 Å². The third kappa shape index (κ3) is 6.25. The molecule has 0 spiro atoms. The molecule has 1 aromatic heterocycles. The normalized spacial score (nSPS) is 11.2. The number of aryl methyl sites for hydroxylation is 3. The van der Waals surface area contributed by atoms with Gasteiger partial charge in [0.15, 0.2) is 0 Å². The molecule has 4 aromatic carbocycles. The summed E-state index contributed by atoms with van der Waals surface area (Å²) >= 11 is 0. The Morgan fingerprint density at radius 1 is 0.884 bits per heavy atom. The molecule has 8 nitrogen and oxygen atoms in total. The summed E-state index contributed by atoms with van der Waals surface area (Å²) in [6.45, 7) is 7.46. The molecule has 0 saturated carbocycles. The maximum absolute atomic E-state index is 12.9. The van der Waals surface area contributed by atoms with Crippen molar-refractivity contribution in [1.82, 2.24) is 0 Å². The zero-order chi connectivity index (χ0) is 31.3. The van der Waals surface area contributed by atoms with E-state index in [4.69, 9.17) is 19.2 Å². The summed E-state index contributed by atoms with van der Waals surface area (Å²) in [5.41, 5.74) is 5.55. The van der Waals surface area contributed by atoms with Gasteiger partial charge in [-0.25, -0.2) is 4.79 Å². The highest BCUT2D eigenvalue weighted by Gasteiger charge is 2.24. The molecule has 5 aromatic rings. The van der Waals surface area contributed by atoms with Gasteiger partial charge in [-0.2, -0.15) is 10.5 Å². The highest BCUT2D eigenvalue weighted by Crippen LogP contribution is 2.46. The van der Waals surface area contributed by atoms with E-state index in [2.05, 4.69) is 6.07 Å². The van der Waals surface area contributed by atoms with Crippen LogP contribution in [0.25, 0.3) is 32.9 Å². The summed E-state index contributed by atoms with van der Waals surface area (Å²) < 4.78 is 17.8. The predicted octanol–water partition coefficient (Wildman–Crippen LogP) is 6.55. The van der Waals surface area contributed by atoms with Crippen LogP contribution in [0.4, 0.5) is 0 Å². The number of ether oxygens (including phenoxy) is 2. The first-order valence-corrected chi connectivity index (χ1v) is 13.5. The lowest BCUT2D eigenvalue weighted by atomic mass is 9.93. The van der Waals surface area contributed by atoms with Gasteiger partial charge in [-0.15, -0.1) is 0 Å². The Morgan fingerprint density at radius 3 is 2.14 bits per heavy atom. The zero-order valence-corrected chi connectivity index (χ0v) is 24.5. The second kappa shape index (κ2) is 13.0. The number of rotatable bonds is 6. The van der Waals surface area contributed by atoms with E-state index in [9.17, 15) is 20.0 Å². The summed E-state index contributed by atoms with van der Waals surface area (Å²) in [6.07, 6.45) is 0.304. The van der Waals surface area contributed by atoms with Gasteiger partial charge in [-0.1, -0.05) is 12.1 Å². The molecule has 1 heterocycles. The minimum Gasteiger partial charge on any atom is -0.496 e. The van der Waals surface area contributed by atoms with E-state index in [1.165, 1.54) is 0 Å². The lowest BCUT2D eigenvalue weighted by Gasteiger charge is -2.22. The number of benzene rings is 4. The van der Waals surface area contributed by atoms with Crippen LogP contribution in [-0.2, 0) is 0 Å². The molecule has 0 amide bonds. The van der Waals surface area contributed by atoms with Gasteiger partial charge in [-0.05, 0) is 92.9 Å². The number of aliphatic hydroxyl groups excluding tert-OH is 1. The molecule has 1 unspecified atom stereocenters. The molecule has 0 bridgehead atoms. The van der Waals surface area contributed by atoms with E-state index in [0.717, 1.165) is 28.4 Å². The van der Waals surface area contributed by atoms with Crippen molar-refractivity contribution in [3.05, 3.63) is 104 Å². The fourth-order valence-electron chi connectivity index (χ4n) is 4.92. The predicted molar refractivity (Wildman–Crippen MR) is 165 cm³/mol. The van der Waals surface area contributed by atoms with Crippen LogP contribution in [0, 0.1) is 43.4 Å². The number of hydrogen-bond donors (Lipinski definition) is 1. The number of carbonyl (C=O) groups is 1. The topological polar surface area (TPSA) is 134 Å². The second-order valence-corrected chi connectivity index (χ2v) is 10.2. The van der Waals surface area contributed by atoms with Crippen LogP contribution in [0.5, 0.6) is 11.5 Å². The summed E-state index contributed by atoms with van der Waals surface area (Å²) in [7, 11) is 1.59. The van der Waals surface area contributed by atoms with Crippen molar-refractivity contribution >= 4 is 28.0 Å². The molecule has 0 fully saturated rings. The molecule has 0 aliphatic rings. The van der Waals surface area contributed by atoms with E-state index in [1.807, 2.05) is 45.0 Å². The second-order valence-electron chi connectivity index (χ2n) is 10.2. The van der Waals surface area contributed by atoms with Crippen molar-refractivity contribution in [3.8, 4) is 34.8 Å². The van der Waals surface area contributed by atoms with E-state index in [-0.39, 0.29) is 6.61 Å². The van der Waals surface area contributed by atoms with Crippen molar-refractivity contribution in [2.45, 2.75) is 33.8 Å². The molecule has 0 radical (unpaired) electrons. The third-order valence-electron chi connectivity index (χ3n) is 6.92. The standard InChI is InChI=1S/C27H25NO5.C8H5NO/c1-14-8-21-20-11-18(12-28)6-7-19(20)27(30)33-26(21)22(9-14)23-24(31-5)15(2)10-16(3)25(23)32-17(4)13-29;9-5-7-1-3-8(6-10)4-2-7/h6-11,17,29H,13H2,1-5H3;1-4,6H. The van der Waals surface area contributed by atoms with Crippen LogP contribution in [0.2, 0.25) is 0 Å². The first-order valence-electron chi connectivity index (χ1n) is 13.5. The van der Waals surface area contributed by atoms with Gasteiger partial charge in [0.2, 0.25) is 0 Å². The van der Waals surface area contributed by atoms with E-state index in [1.54, 1.807) is 56.5 Å². The average Bonchev–Trinajstić information content (AvgIpc) is 3.02. The van der Waals surface area contributed by atoms with Crippen LogP contribution < -0.4 is 15.1 Å². The lowest BCUT2D eigenvalue weighted by molar-refractivity contribution is 0.112. The molecule has 1 atom stereocenters. The molecule has 1 N–H and O–H groups in total. The Morgan fingerprint density at radius 2 is 1.53 bits per heavy atom. The fraction of sp³-hybridized carbons (Fsp3) is 0.200. The average molecular weight is 575 g/mol. The number of methoxy groups -OCH3 is 1. The summed E-state index contributed by atoms with van der Waals surface area (Å²) in [5, 5.41) is 29.2. The number of carbonyl (C=O) groups excluding carboxylic acids is 1. The molecule has 8 heteroatoms. The molecule has 216 valence electrons. The van der Waals surface area contributed by atoms with Gasteiger partial charge in [0.1, 0.15) is 29.5 Å². The number of aldehydes is 1. The van der Waals surface area contributed by atoms with Gasteiger partial charge in [-0.3, -0.25) is 4.79 Å². The van der Waals surface area contributed by atoms with Gasteiger partial charge in [0, 0.05) is 21.9 Å². The molecule has 0 aliphatic heterocycles. The van der Waals surface area contributed by atoms with Gasteiger partial charge >= 0.3 is 5.63 Å². The maximum atomic E-state index is 12.9. The van der Waals surface area contributed by atoms with E-state index in [0.29, 0.717) is 55.7 Å². The highest BCUT2D eigenvalue weighted by molar-refractivity contribution is 6.10. The summed E-state index contributed by atoms with van der Waals surface area (Å²) in [4.78, 5) is 23.0. The van der Waals surface area contributed by atoms with E-state index >= 15 is 0 Å². The van der Waals surface area contributed by atoms with Crippen molar-refractivity contribution in [2.75, 3.05) is 13.7 Å². The smallest absolute Gasteiger partial charge is 0.344 e.